The van der Waals surface area contributed by atoms with Crippen molar-refractivity contribution in [2.45, 2.75) is 20.0 Å². The lowest BCUT2D eigenvalue weighted by molar-refractivity contribution is 0.512. The molecule has 0 aliphatic rings. The van der Waals surface area contributed by atoms with Crippen LogP contribution in [0.25, 0.3) is 0 Å². The summed E-state index contributed by atoms with van der Waals surface area (Å²) in [5.74, 6) is 1.65. The van der Waals surface area contributed by atoms with Crippen molar-refractivity contribution in [3.63, 3.8) is 0 Å². The van der Waals surface area contributed by atoms with E-state index in [-0.39, 0.29) is 24.0 Å². The van der Waals surface area contributed by atoms with E-state index in [9.17, 15) is 0 Å². The SMILES string of the molecule is CCNC(=NCc1ccco1)NCc1cc(Br)cs1.I. The molecule has 2 aromatic rings. The summed E-state index contributed by atoms with van der Waals surface area (Å²) in [6, 6.07) is 5.89. The number of nitrogens with one attached hydrogen (secondary N) is 2. The molecule has 20 heavy (non-hydrogen) atoms. The van der Waals surface area contributed by atoms with Gasteiger partial charge in [0.15, 0.2) is 5.96 Å². The molecule has 2 rings (SSSR count). The maximum absolute atomic E-state index is 5.26. The van der Waals surface area contributed by atoms with Crippen molar-refractivity contribution in [3.05, 3.63) is 45.0 Å². The van der Waals surface area contributed by atoms with Gasteiger partial charge in [-0.2, -0.15) is 0 Å². The highest BCUT2D eigenvalue weighted by molar-refractivity contribution is 14.0. The van der Waals surface area contributed by atoms with Gasteiger partial charge < -0.3 is 15.1 Å². The fourth-order valence-corrected chi connectivity index (χ4v) is 2.91. The Labute approximate surface area is 148 Å². The van der Waals surface area contributed by atoms with Crippen LogP contribution in [0, 0.1) is 0 Å². The van der Waals surface area contributed by atoms with Crippen LogP contribution in [-0.2, 0) is 13.1 Å². The van der Waals surface area contributed by atoms with Crippen LogP contribution in [0.3, 0.4) is 0 Å². The van der Waals surface area contributed by atoms with Crippen molar-refractivity contribution >= 4 is 57.2 Å². The van der Waals surface area contributed by atoms with E-state index in [1.807, 2.05) is 19.1 Å². The van der Waals surface area contributed by atoms with E-state index in [0.717, 1.165) is 29.3 Å². The summed E-state index contributed by atoms with van der Waals surface area (Å²) >= 11 is 5.17. The maximum Gasteiger partial charge on any atom is 0.191 e. The Morgan fingerprint density at radius 3 is 2.90 bits per heavy atom. The number of thiophene rings is 1. The zero-order valence-corrected chi connectivity index (χ0v) is 15.8. The molecule has 110 valence electrons. The van der Waals surface area contributed by atoms with Gasteiger partial charge in [-0.15, -0.1) is 35.3 Å². The summed E-state index contributed by atoms with van der Waals surface area (Å²) in [5.41, 5.74) is 0. The van der Waals surface area contributed by atoms with Crippen LogP contribution >= 0.6 is 51.2 Å². The van der Waals surface area contributed by atoms with Crippen LogP contribution in [0.5, 0.6) is 0 Å². The topological polar surface area (TPSA) is 49.6 Å². The number of hydrogen-bond acceptors (Lipinski definition) is 3. The molecule has 4 nitrogen and oxygen atoms in total. The number of hydrogen-bond donors (Lipinski definition) is 2. The molecule has 7 heteroatoms. The summed E-state index contributed by atoms with van der Waals surface area (Å²) < 4.78 is 6.38. The molecule has 2 N–H and O–H groups in total. The highest BCUT2D eigenvalue weighted by atomic mass is 127. The van der Waals surface area contributed by atoms with Crippen LogP contribution in [-0.4, -0.2) is 12.5 Å². The molecule has 2 aromatic heterocycles. The molecular weight excluding hydrogens is 453 g/mol. The lowest BCUT2D eigenvalue weighted by atomic mass is 10.4. The Balaban J connectivity index is 0.00000200. The van der Waals surface area contributed by atoms with Gasteiger partial charge in [0.1, 0.15) is 12.3 Å². The molecule has 0 saturated carbocycles. The Hall–Kier alpha value is -0.540. The molecule has 0 aliphatic heterocycles. The molecule has 2 heterocycles. The normalized spacial score (nSPS) is 11.0. The smallest absolute Gasteiger partial charge is 0.191 e. The van der Waals surface area contributed by atoms with E-state index < -0.39 is 0 Å². The molecule has 0 aliphatic carbocycles. The van der Waals surface area contributed by atoms with Gasteiger partial charge in [-0.05, 0) is 41.1 Å². The summed E-state index contributed by atoms with van der Waals surface area (Å²) in [4.78, 5) is 5.73. The van der Waals surface area contributed by atoms with Crippen molar-refractivity contribution in [1.29, 1.82) is 0 Å². The van der Waals surface area contributed by atoms with E-state index in [1.54, 1.807) is 17.6 Å². The zero-order chi connectivity index (χ0) is 13.5. The van der Waals surface area contributed by atoms with Gasteiger partial charge in [0, 0.05) is 21.3 Å². The van der Waals surface area contributed by atoms with Crippen LogP contribution < -0.4 is 10.6 Å². The Morgan fingerprint density at radius 1 is 1.45 bits per heavy atom. The number of furan rings is 1. The number of aliphatic imine (C=N–C) groups is 1. The first-order chi connectivity index (χ1) is 9.28. The van der Waals surface area contributed by atoms with E-state index in [4.69, 9.17) is 4.42 Å². The summed E-state index contributed by atoms with van der Waals surface area (Å²) in [6.45, 7) is 4.18. The Bertz CT molecular complexity index is 527. The van der Waals surface area contributed by atoms with Gasteiger partial charge >= 0.3 is 0 Å². The summed E-state index contributed by atoms with van der Waals surface area (Å²) in [5, 5.41) is 8.59. The summed E-state index contributed by atoms with van der Waals surface area (Å²) in [6.07, 6.45) is 1.66. The number of halogens is 2. The van der Waals surface area contributed by atoms with Crippen LogP contribution in [0.4, 0.5) is 0 Å². The van der Waals surface area contributed by atoms with Gasteiger partial charge in [-0.25, -0.2) is 4.99 Å². The van der Waals surface area contributed by atoms with E-state index in [0.29, 0.717) is 6.54 Å². The van der Waals surface area contributed by atoms with Gasteiger partial charge in [0.2, 0.25) is 0 Å². The second-order valence-electron chi connectivity index (χ2n) is 3.86. The van der Waals surface area contributed by atoms with Crippen molar-refractivity contribution in [3.8, 4) is 0 Å². The number of guanidine groups is 1. The third-order valence-electron chi connectivity index (χ3n) is 2.37. The quantitative estimate of drug-likeness (QED) is 0.395. The minimum atomic E-state index is 0. The van der Waals surface area contributed by atoms with Gasteiger partial charge in [0.05, 0.1) is 12.8 Å². The fraction of sp³-hybridized carbons (Fsp3) is 0.308. The fourth-order valence-electron chi connectivity index (χ4n) is 1.52. The van der Waals surface area contributed by atoms with Crippen molar-refractivity contribution < 1.29 is 4.42 Å². The van der Waals surface area contributed by atoms with Crippen molar-refractivity contribution in [2.24, 2.45) is 4.99 Å². The standard InChI is InChI=1S/C13H16BrN3OS.HI/c1-2-15-13(16-7-11-4-3-5-18-11)17-8-12-6-10(14)9-19-12;/h3-6,9H,2,7-8H2,1H3,(H2,15,16,17);1H. The Kier molecular flexibility index (Phi) is 8.24. The van der Waals surface area contributed by atoms with Crippen LogP contribution in [0.2, 0.25) is 0 Å². The average molecular weight is 470 g/mol. The Morgan fingerprint density at radius 2 is 2.30 bits per heavy atom. The second-order valence-corrected chi connectivity index (χ2v) is 5.77. The highest BCUT2D eigenvalue weighted by Crippen LogP contribution is 2.19. The lowest BCUT2D eigenvalue weighted by Gasteiger charge is -2.09. The number of rotatable bonds is 5. The molecule has 0 spiro atoms. The zero-order valence-electron chi connectivity index (χ0n) is 11.1. The van der Waals surface area contributed by atoms with Crippen LogP contribution in [0.15, 0.2) is 43.7 Å². The highest BCUT2D eigenvalue weighted by Gasteiger charge is 2.01. The van der Waals surface area contributed by atoms with Crippen LogP contribution in [0.1, 0.15) is 17.6 Å². The van der Waals surface area contributed by atoms with E-state index >= 15 is 0 Å². The third-order valence-corrected chi connectivity index (χ3v) is 4.07. The number of nitrogens with zero attached hydrogens (tertiary/aromatic N) is 1. The first kappa shape index (κ1) is 17.5. The molecule has 0 amide bonds. The predicted octanol–water partition coefficient (Wildman–Crippen LogP) is 3.98. The molecule has 0 atom stereocenters. The van der Waals surface area contributed by atoms with E-state index in [2.05, 4.69) is 43.0 Å². The minimum Gasteiger partial charge on any atom is -0.467 e. The van der Waals surface area contributed by atoms with Crippen molar-refractivity contribution in [2.75, 3.05) is 6.54 Å². The molecule has 0 unspecified atom stereocenters. The van der Waals surface area contributed by atoms with Gasteiger partial charge in [0.25, 0.3) is 0 Å². The minimum absolute atomic E-state index is 0. The molecule has 0 radical (unpaired) electrons. The average Bonchev–Trinajstić information content (AvgIpc) is 3.04. The molecule has 0 saturated heterocycles. The second kappa shape index (κ2) is 9.41. The lowest BCUT2D eigenvalue weighted by Crippen LogP contribution is -2.36. The molecule has 0 bridgehead atoms. The maximum atomic E-state index is 5.26. The molecular formula is C13H17BrIN3OS. The van der Waals surface area contributed by atoms with Gasteiger partial charge in [-0.3, -0.25) is 0 Å². The summed E-state index contributed by atoms with van der Waals surface area (Å²) in [7, 11) is 0. The first-order valence-electron chi connectivity index (χ1n) is 6.05. The van der Waals surface area contributed by atoms with Crippen molar-refractivity contribution in [1.82, 2.24) is 10.6 Å². The van der Waals surface area contributed by atoms with E-state index in [1.165, 1.54) is 4.88 Å². The third kappa shape index (κ3) is 5.84. The molecule has 0 fully saturated rings. The molecule has 0 aromatic carbocycles. The van der Waals surface area contributed by atoms with Gasteiger partial charge in [-0.1, -0.05) is 0 Å². The first-order valence-corrected chi connectivity index (χ1v) is 7.72. The monoisotopic (exact) mass is 469 g/mol. The largest absolute Gasteiger partial charge is 0.467 e. The predicted molar refractivity (Wildman–Crippen MR) is 97.8 cm³/mol.